The van der Waals surface area contributed by atoms with Crippen molar-refractivity contribution in [2.45, 2.75) is 99.3 Å². The SMILES string of the molecule is CC(C)(C)CC(C)(C)c1cc(CCN)cc(C(C)(C)CC(C)(C)C)c1. The van der Waals surface area contributed by atoms with E-state index in [1.54, 1.807) is 0 Å². The Kier molecular flexibility index (Phi) is 6.60. The molecule has 0 heterocycles. The van der Waals surface area contributed by atoms with Gasteiger partial charge in [-0.2, -0.15) is 0 Å². The Morgan fingerprint density at radius 3 is 1.28 bits per heavy atom. The third-order valence-corrected chi connectivity index (χ3v) is 4.93. The van der Waals surface area contributed by atoms with Gasteiger partial charge in [-0.25, -0.2) is 0 Å². The molecule has 0 aliphatic rings. The van der Waals surface area contributed by atoms with E-state index in [9.17, 15) is 0 Å². The summed E-state index contributed by atoms with van der Waals surface area (Å²) in [6.07, 6.45) is 3.30. The Balaban J connectivity index is 3.39. The fourth-order valence-corrected chi connectivity index (χ4v) is 4.64. The molecule has 0 unspecified atom stereocenters. The summed E-state index contributed by atoms with van der Waals surface area (Å²) >= 11 is 0. The van der Waals surface area contributed by atoms with E-state index in [-0.39, 0.29) is 10.8 Å². The third kappa shape index (κ3) is 7.13. The Morgan fingerprint density at radius 2 is 1.00 bits per heavy atom. The standard InChI is InChI=1S/C24H43N/c1-21(2,3)16-23(7,8)19-13-18(11-12-25)14-20(15-19)24(9,10)17-22(4,5)6/h13-15H,11-12,16-17,25H2,1-10H3. The molecule has 2 N–H and O–H groups in total. The van der Waals surface area contributed by atoms with Crippen molar-refractivity contribution in [1.29, 1.82) is 0 Å². The van der Waals surface area contributed by atoms with E-state index in [1.165, 1.54) is 29.5 Å². The molecule has 0 atom stereocenters. The van der Waals surface area contributed by atoms with E-state index in [0.717, 1.165) is 6.42 Å². The molecule has 1 nitrogen and oxygen atoms in total. The van der Waals surface area contributed by atoms with Gasteiger partial charge < -0.3 is 5.73 Å². The topological polar surface area (TPSA) is 26.0 Å². The zero-order valence-corrected chi connectivity index (χ0v) is 18.6. The second-order valence-corrected chi connectivity index (χ2v) is 11.7. The van der Waals surface area contributed by atoms with Crippen molar-refractivity contribution in [3.63, 3.8) is 0 Å². The fourth-order valence-electron chi connectivity index (χ4n) is 4.64. The van der Waals surface area contributed by atoms with Crippen LogP contribution in [0.1, 0.15) is 98.8 Å². The van der Waals surface area contributed by atoms with Gasteiger partial charge in [-0.05, 0) is 64.2 Å². The lowest BCUT2D eigenvalue weighted by atomic mass is 9.68. The van der Waals surface area contributed by atoms with Crippen molar-refractivity contribution in [3.05, 3.63) is 34.9 Å². The monoisotopic (exact) mass is 345 g/mol. The lowest BCUT2D eigenvalue weighted by Gasteiger charge is -2.37. The highest BCUT2D eigenvalue weighted by molar-refractivity contribution is 5.38. The lowest BCUT2D eigenvalue weighted by molar-refractivity contribution is 0.278. The van der Waals surface area contributed by atoms with E-state index >= 15 is 0 Å². The fraction of sp³-hybridized carbons (Fsp3) is 0.750. The van der Waals surface area contributed by atoms with Crippen molar-refractivity contribution >= 4 is 0 Å². The van der Waals surface area contributed by atoms with Gasteiger partial charge in [0.1, 0.15) is 0 Å². The molecule has 1 aromatic carbocycles. The van der Waals surface area contributed by atoms with Crippen LogP contribution >= 0.6 is 0 Å². The van der Waals surface area contributed by atoms with Crippen LogP contribution in [0.25, 0.3) is 0 Å². The van der Waals surface area contributed by atoms with Crippen LogP contribution in [-0.2, 0) is 17.3 Å². The van der Waals surface area contributed by atoms with Gasteiger partial charge in [0.15, 0.2) is 0 Å². The maximum atomic E-state index is 5.88. The van der Waals surface area contributed by atoms with Crippen LogP contribution < -0.4 is 5.73 Å². The summed E-state index contributed by atoms with van der Waals surface area (Å²) in [6, 6.07) is 7.27. The minimum absolute atomic E-state index is 0.162. The molecule has 0 bridgehead atoms. The maximum absolute atomic E-state index is 5.88. The van der Waals surface area contributed by atoms with E-state index in [1.807, 2.05) is 0 Å². The van der Waals surface area contributed by atoms with Crippen molar-refractivity contribution in [2.24, 2.45) is 16.6 Å². The molecule has 0 aliphatic carbocycles. The molecule has 1 aromatic rings. The molecule has 1 rings (SSSR count). The van der Waals surface area contributed by atoms with E-state index in [2.05, 4.69) is 87.4 Å². The van der Waals surface area contributed by atoms with Crippen molar-refractivity contribution < 1.29 is 0 Å². The Hall–Kier alpha value is -0.820. The van der Waals surface area contributed by atoms with Crippen LogP contribution in [0.5, 0.6) is 0 Å². The molecule has 0 fully saturated rings. The predicted molar refractivity (Wildman–Crippen MR) is 113 cm³/mol. The normalized spacial score (nSPS) is 14.0. The van der Waals surface area contributed by atoms with Crippen molar-refractivity contribution in [1.82, 2.24) is 0 Å². The molecule has 0 aromatic heterocycles. The smallest absolute Gasteiger partial charge is 0.00367 e. The van der Waals surface area contributed by atoms with E-state index in [0.29, 0.717) is 17.4 Å². The molecule has 0 amide bonds. The molecule has 1 heteroatoms. The Bertz CT molecular complexity index is 518. The minimum Gasteiger partial charge on any atom is -0.330 e. The van der Waals surface area contributed by atoms with Gasteiger partial charge in [-0.3, -0.25) is 0 Å². The molecule has 0 saturated carbocycles. The van der Waals surface area contributed by atoms with Gasteiger partial charge in [0.05, 0.1) is 0 Å². The lowest BCUT2D eigenvalue weighted by Crippen LogP contribution is -2.28. The van der Waals surface area contributed by atoms with Gasteiger partial charge in [0.2, 0.25) is 0 Å². The maximum Gasteiger partial charge on any atom is -0.00367 e. The molecule has 144 valence electrons. The molecule has 0 radical (unpaired) electrons. The van der Waals surface area contributed by atoms with Gasteiger partial charge in [-0.1, -0.05) is 87.4 Å². The molecular weight excluding hydrogens is 302 g/mol. The van der Waals surface area contributed by atoms with E-state index in [4.69, 9.17) is 5.73 Å². The van der Waals surface area contributed by atoms with Crippen LogP contribution in [-0.4, -0.2) is 6.54 Å². The second-order valence-electron chi connectivity index (χ2n) is 11.7. The third-order valence-electron chi connectivity index (χ3n) is 4.93. The van der Waals surface area contributed by atoms with Gasteiger partial charge >= 0.3 is 0 Å². The quantitative estimate of drug-likeness (QED) is 0.616. The van der Waals surface area contributed by atoms with Crippen molar-refractivity contribution in [2.75, 3.05) is 6.54 Å². The first-order chi connectivity index (χ1) is 11.1. The predicted octanol–water partition coefficient (Wildman–Crippen LogP) is 6.62. The average molecular weight is 346 g/mol. The number of nitrogens with two attached hydrogens (primary N) is 1. The number of hydrogen-bond acceptors (Lipinski definition) is 1. The molecule has 0 saturated heterocycles. The highest BCUT2D eigenvalue weighted by Gasteiger charge is 2.31. The van der Waals surface area contributed by atoms with Crippen LogP contribution in [0.15, 0.2) is 18.2 Å². The number of benzene rings is 1. The molecule has 25 heavy (non-hydrogen) atoms. The first-order valence-corrected chi connectivity index (χ1v) is 9.91. The first-order valence-electron chi connectivity index (χ1n) is 9.91. The molecule has 0 spiro atoms. The number of rotatable bonds is 6. The zero-order chi connectivity index (χ0) is 19.7. The summed E-state index contributed by atoms with van der Waals surface area (Å²) in [6.45, 7) is 24.3. The summed E-state index contributed by atoms with van der Waals surface area (Å²) in [4.78, 5) is 0. The van der Waals surface area contributed by atoms with Gasteiger partial charge in [0, 0.05) is 0 Å². The highest BCUT2D eigenvalue weighted by Crippen LogP contribution is 2.41. The Morgan fingerprint density at radius 1 is 0.640 bits per heavy atom. The van der Waals surface area contributed by atoms with Gasteiger partial charge in [0.25, 0.3) is 0 Å². The minimum atomic E-state index is 0.162. The van der Waals surface area contributed by atoms with Crippen LogP contribution in [0.4, 0.5) is 0 Å². The van der Waals surface area contributed by atoms with Crippen molar-refractivity contribution in [3.8, 4) is 0 Å². The van der Waals surface area contributed by atoms with Crippen LogP contribution in [0.3, 0.4) is 0 Å². The summed E-state index contributed by atoms with van der Waals surface area (Å²) < 4.78 is 0. The van der Waals surface area contributed by atoms with E-state index < -0.39 is 0 Å². The van der Waals surface area contributed by atoms with Crippen LogP contribution in [0, 0.1) is 10.8 Å². The summed E-state index contributed by atoms with van der Waals surface area (Å²) in [7, 11) is 0. The largest absolute Gasteiger partial charge is 0.330 e. The Labute approximate surface area is 157 Å². The second kappa shape index (κ2) is 7.43. The molecule has 0 aliphatic heterocycles. The highest BCUT2D eigenvalue weighted by atomic mass is 14.5. The first kappa shape index (κ1) is 22.2. The van der Waals surface area contributed by atoms with Gasteiger partial charge in [-0.15, -0.1) is 0 Å². The average Bonchev–Trinajstić information content (AvgIpc) is 2.33. The van der Waals surface area contributed by atoms with Crippen LogP contribution in [0.2, 0.25) is 0 Å². The summed E-state index contributed by atoms with van der Waals surface area (Å²) in [5.74, 6) is 0. The number of hydrogen-bond donors (Lipinski definition) is 1. The summed E-state index contributed by atoms with van der Waals surface area (Å²) in [5.41, 5.74) is 11.1. The zero-order valence-electron chi connectivity index (χ0n) is 18.6. The summed E-state index contributed by atoms with van der Waals surface area (Å²) in [5, 5.41) is 0. The molecular formula is C24H43N.